The smallest absolute Gasteiger partial charge is 0.242 e. The van der Waals surface area contributed by atoms with Crippen molar-refractivity contribution in [3.8, 4) is 5.88 Å². The Morgan fingerprint density at radius 3 is 2.68 bits per heavy atom. The maximum absolute atomic E-state index is 13.1. The summed E-state index contributed by atoms with van der Waals surface area (Å²) >= 11 is 0. The van der Waals surface area contributed by atoms with Gasteiger partial charge in [-0.2, -0.15) is 0 Å². The van der Waals surface area contributed by atoms with E-state index in [0.29, 0.717) is 19.1 Å². The summed E-state index contributed by atoms with van der Waals surface area (Å²) in [5.41, 5.74) is -1.06. The summed E-state index contributed by atoms with van der Waals surface area (Å²) in [6.07, 6.45) is 2.44. The highest BCUT2D eigenvalue weighted by Gasteiger charge is 2.71. The van der Waals surface area contributed by atoms with Gasteiger partial charge in [-0.25, -0.2) is 4.90 Å². The van der Waals surface area contributed by atoms with E-state index in [4.69, 9.17) is 18.9 Å². The van der Waals surface area contributed by atoms with Crippen molar-refractivity contribution in [1.82, 2.24) is 10.2 Å². The number of nitrogens with zero attached hydrogens (tertiary/aromatic N) is 3. The predicted molar refractivity (Wildman–Crippen MR) is 80.5 cm³/mol. The average Bonchev–Trinajstić information content (AvgIpc) is 3.39. The Bertz CT molecular complexity index is 775. The first-order valence-corrected chi connectivity index (χ1v) is 8.01. The minimum atomic E-state index is -1.06. The van der Waals surface area contributed by atoms with Gasteiger partial charge >= 0.3 is 0 Å². The van der Waals surface area contributed by atoms with Gasteiger partial charge in [-0.1, -0.05) is 6.08 Å². The molecule has 0 saturated carbocycles. The molecule has 5 heterocycles. The number of anilines is 1. The minimum absolute atomic E-state index is 0.174. The fraction of sp³-hybridized carbons (Fsp3) is 0.500. The van der Waals surface area contributed by atoms with Crippen LogP contribution in [0.15, 0.2) is 24.3 Å². The number of fused-ring (bicyclic) bond motifs is 5. The molecule has 3 fully saturated rings. The Hall–Kier alpha value is -2.36. The lowest BCUT2D eigenvalue weighted by molar-refractivity contribution is -0.180. The van der Waals surface area contributed by atoms with Crippen LogP contribution in [0.5, 0.6) is 5.88 Å². The van der Waals surface area contributed by atoms with Crippen LogP contribution >= 0.6 is 0 Å². The maximum atomic E-state index is 13.1. The molecule has 0 aromatic carbocycles. The third-order valence-corrected chi connectivity index (χ3v) is 5.13. The summed E-state index contributed by atoms with van der Waals surface area (Å²) in [4.78, 5) is 27.1. The number of amides is 2. The fourth-order valence-corrected chi connectivity index (χ4v) is 4.09. The monoisotopic (exact) mass is 345 g/mol. The van der Waals surface area contributed by atoms with E-state index in [-0.39, 0.29) is 17.6 Å². The number of aromatic nitrogens is 2. The normalized spacial score (nSPS) is 36.5. The number of rotatable bonds is 3. The van der Waals surface area contributed by atoms with E-state index in [2.05, 4.69) is 10.2 Å². The minimum Gasteiger partial charge on any atom is -0.480 e. The zero-order valence-electron chi connectivity index (χ0n) is 13.3. The SMILES string of the molecule is COc1ccc(N2C(=O)[C@@H]3[C@@H](C2=O)[C@@]2(C4OCCO4)C=C[C@H]3O2)nn1. The highest BCUT2D eigenvalue weighted by Crippen LogP contribution is 2.54. The Labute approximate surface area is 142 Å². The van der Waals surface area contributed by atoms with Crippen molar-refractivity contribution in [2.75, 3.05) is 25.2 Å². The van der Waals surface area contributed by atoms with Crippen molar-refractivity contribution < 1.29 is 28.5 Å². The topological polar surface area (TPSA) is 100 Å². The second kappa shape index (κ2) is 5.07. The quantitative estimate of drug-likeness (QED) is 0.542. The van der Waals surface area contributed by atoms with Crippen LogP contribution in [0.3, 0.4) is 0 Å². The number of hydrogen-bond acceptors (Lipinski definition) is 8. The van der Waals surface area contributed by atoms with Crippen molar-refractivity contribution in [3.05, 3.63) is 24.3 Å². The first kappa shape index (κ1) is 14.9. The molecule has 0 spiro atoms. The van der Waals surface area contributed by atoms with Crippen LogP contribution < -0.4 is 9.64 Å². The summed E-state index contributed by atoms with van der Waals surface area (Å²) in [7, 11) is 1.46. The number of imide groups is 1. The summed E-state index contributed by atoms with van der Waals surface area (Å²) in [6, 6.07) is 3.09. The van der Waals surface area contributed by atoms with E-state index >= 15 is 0 Å². The van der Waals surface area contributed by atoms with Crippen LogP contribution in [0, 0.1) is 11.8 Å². The van der Waals surface area contributed by atoms with Gasteiger partial charge in [0, 0.05) is 6.07 Å². The lowest BCUT2D eigenvalue weighted by Gasteiger charge is -2.32. The van der Waals surface area contributed by atoms with Gasteiger partial charge in [-0.05, 0) is 12.1 Å². The van der Waals surface area contributed by atoms with Gasteiger partial charge in [-0.15, -0.1) is 10.2 Å². The van der Waals surface area contributed by atoms with E-state index in [9.17, 15) is 9.59 Å². The summed E-state index contributed by atoms with van der Waals surface area (Å²) in [6.45, 7) is 0.864. The van der Waals surface area contributed by atoms with Crippen molar-refractivity contribution in [3.63, 3.8) is 0 Å². The molecule has 0 N–H and O–H groups in total. The van der Waals surface area contributed by atoms with E-state index < -0.39 is 29.8 Å². The molecule has 1 aromatic rings. The van der Waals surface area contributed by atoms with Crippen molar-refractivity contribution in [2.24, 2.45) is 11.8 Å². The third-order valence-electron chi connectivity index (χ3n) is 5.13. The van der Waals surface area contributed by atoms with Gasteiger partial charge in [0.1, 0.15) is 0 Å². The molecule has 9 heteroatoms. The molecule has 9 nitrogen and oxygen atoms in total. The Morgan fingerprint density at radius 2 is 2.00 bits per heavy atom. The molecule has 0 radical (unpaired) electrons. The number of hydrogen-bond donors (Lipinski definition) is 0. The van der Waals surface area contributed by atoms with Crippen LogP contribution in [0.4, 0.5) is 5.82 Å². The van der Waals surface area contributed by atoms with Crippen LogP contribution in [0.2, 0.25) is 0 Å². The highest BCUT2D eigenvalue weighted by atomic mass is 16.7. The van der Waals surface area contributed by atoms with Crippen LogP contribution in [0.1, 0.15) is 0 Å². The number of ether oxygens (including phenoxy) is 4. The van der Waals surface area contributed by atoms with Crippen molar-refractivity contribution in [1.29, 1.82) is 0 Å². The van der Waals surface area contributed by atoms with Crippen LogP contribution in [-0.2, 0) is 23.8 Å². The lowest BCUT2D eigenvalue weighted by atomic mass is 9.76. The summed E-state index contributed by atoms with van der Waals surface area (Å²) in [5, 5.41) is 7.77. The van der Waals surface area contributed by atoms with E-state index in [1.807, 2.05) is 0 Å². The Balaban J connectivity index is 1.53. The molecular formula is C16H15N3O6. The standard InChI is InChI=1S/C16H15N3O6/c1-22-10-3-2-9(17-18-10)19-13(20)11-8-4-5-16(25-8,12(11)14(19)21)15-23-6-7-24-15/h2-5,8,11-12,15H,6-7H2,1H3/t8-,11+,12+,16-/m1/s1. The van der Waals surface area contributed by atoms with Crippen molar-refractivity contribution in [2.45, 2.75) is 18.0 Å². The average molecular weight is 345 g/mol. The second-order valence-electron chi connectivity index (χ2n) is 6.32. The highest BCUT2D eigenvalue weighted by molar-refractivity contribution is 6.22. The molecule has 0 unspecified atom stereocenters. The van der Waals surface area contributed by atoms with Gasteiger partial charge < -0.3 is 18.9 Å². The predicted octanol–water partition coefficient (Wildman–Crippen LogP) is -0.329. The second-order valence-corrected chi connectivity index (χ2v) is 6.32. The van der Waals surface area contributed by atoms with Crippen LogP contribution in [0.25, 0.3) is 0 Å². The lowest BCUT2D eigenvalue weighted by Crippen LogP contribution is -2.49. The summed E-state index contributed by atoms with van der Waals surface area (Å²) < 4.78 is 22.1. The zero-order chi connectivity index (χ0) is 17.2. The third kappa shape index (κ3) is 1.82. The molecule has 1 aromatic heterocycles. The van der Waals surface area contributed by atoms with E-state index in [0.717, 1.165) is 4.90 Å². The molecule has 0 aliphatic carbocycles. The first-order chi connectivity index (χ1) is 12.2. The first-order valence-electron chi connectivity index (χ1n) is 8.01. The molecule has 130 valence electrons. The number of carbonyl (C=O) groups excluding carboxylic acids is 2. The molecule has 2 bridgehead atoms. The van der Waals surface area contributed by atoms with Gasteiger partial charge in [0.2, 0.25) is 17.7 Å². The van der Waals surface area contributed by atoms with E-state index in [1.54, 1.807) is 18.2 Å². The molecule has 4 atom stereocenters. The molecule has 4 aliphatic heterocycles. The molecule has 25 heavy (non-hydrogen) atoms. The fourth-order valence-electron chi connectivity index (χ4n) is 4.09. The molecule has 5 rings (SSSR count). The molecule has 4 aliphatic rings. The summed E-state index contributed by atoms with van der Waals surface area (Å²) in [5.74, 6) is -1.54. The van der Waals surface area contributed by atoms with Gasteiger partial charge in [0.25, 0.3) is 0 Å². The largest absolute Gasteiger partial charge is 0.480 e. The zero-order valence-corrected chi connectivity index (χ0v) is 13.3. The molecule has 3 saturated heterocycles. The van der Waals surface area contributed by atoms with E-state index in [1.165, 1.54) is 13.2 Å². The Kier molecular flexibility index (Phi) is 3.03. The maximum Gasteiger partial charge on any atom is 0.242 e. The van der Waals surface area contributed by atoms with Gasteiger partial charge in [-0.3, -0.25) is 9.59 Å². The van der Waals surface area contributed by atoms with Gasteiger partial charge in [0.15, 0.2) is 17.7 Å². The molecule has 2 amide bonds. The number of methoxy groups -OCH3 is 1. The molecular weight excluding hydrogens is 330 g/mol. The van der Waals surface area contributed by atoms with Crippen molar-refractivity contribution >= 4 is 17.6 Å². The Morgan fingerprint density at radius 1 is 1.20 bits per heavy atom. The number of carbonyl (C=O) groups is 2. The van der Waals surface area contributed by atoms with Crippen LogP contribution in [-0.4, -0.2) is 60.3 Å². The van der Waals surface area contributed by atoms with Gasteiger partial charge in [0.05, 0.1) is 38.3 Å².